The van der Waals surface area contributed by atoms with E-state index in [2.05, 4.69) is 20.1 Å². The number of nitro groups is 1. The Labute approximate surface area is 158 Å². The second kappa shape index (κ2) is 6.38. The van der Waals surface area contributed by atoms with Crippen molar-refractivity contribution in [3.63, 3.8) is 0 Å². The first-order chi connectivity index (χ1) is 13.7. The first kappa shape index (κ1) is 16.3. The predicted octanol–water partition coefficient (Wildman–Crippen LogP) is 3.30. The molecule has 0 saturated heterocycles. The van der Waals surface area contributed by atoms with Crippen LogP contribution in [0.5, 0.6) is 5.75 Å². The quantitative estimate of drug-likeness (QED) is 0.389. The van der Waals surface area contributed by atoms with Gasteiger partial charge in [0, 0.05) is 0 Å². The summed E-state index contributed by atoms with van der Waals surface area (Å²) in [6, 6.07) is 10.6. The predicted molar refractivity (Wildman–Crippen MR) is 99.8 cm³/mol. The molecule has 0 aliphatic heterocycles. The Kier molecular flexibility index (Phi) is 3.71. The average Bonchev–Trinajstić information content (AvgIpc) is 3.43. The van der Waals surface area contributed by atoms with Gasteiger partial charge in [0.05, 0.1) is 35.4 Å². The van der Waals surface area contributed by atoms with Crippen molar-refractivity contribution in [2.75, 3.05) is 0 Å². The highest BCUT2D eigenvalue weighted by Crippen LogP contribution is 2.28. The number of nitrogens with zero attached hydrogens (tertiary/aromatic N) is 6. The molecule has 5 rings (SSSR count). The topological polar surface area (TPSA) is 108 Å². The number of hydrogen-bond donors (Lipinski definition) is 0. The molecule has 0 unspecified atom stereocenters. The summed E-state index contributed by atoms with van der Waals surface area (Å²) < 4.78 is 7.29. The van der Waals surface area contributed by atoms with Crippen LogP contribution in [0, 0.1) is 10.1 Å². The number of rotatable bonds is 5. The zero-order chi connectivity index (χ0) is 19.1. The van der Waals surface area contributed by atoms with Gasteiger partial charge in [-0.15, -0.1) is 0 Å². The lowest BCUT2D eigenvalue weighted by molar-refractivity contribution is -0.388. The standard InChI is InChI=1S/C19H14N6O3/c26-25(27)19-14(2-1-9-20-19)17-11-24-18(22-17)8-7-16(23-24)15-6-5-13(10-21-15)28-12-3-4-12/h1-2,5-12H,3-4H2. The van der Waals surface area contributed by atoms with E-state index in [9.17, 15) is 10.1 Å². The van der Waals surface area contributed by atoms with Crippen molar-refractivity contribution in [1.82, 2.24) is 24.6 Å². The summed E-state index contributed by atoms with van der Waals surface area (Å²) in [5, 5.41) is 15.8. The highest BCUT2D eigenvalue weighted by molar-refractivity contribution is 5.70. The van der Waals surface area contributed by atoms with E-state index >= 15 is 0 Å². The molecule has 9 nitrogen and oxygen atoms in total. The molecule has 0 bridgehead atoms. The third-order valence-electron chi connectivity index (χ3n) is 4.38. The highest BCUT2D eigenvalue weighted by atomic mass is 16.6. The van der Waals surface area contributed by atoms with Crippen molar-refractivity contribution >= 4 is 11.5 Å². The van der Waals surface area contributed by atoms with E-state index < -0.39 is 4.92 Å². The minimum atomic E-state index is -0.520. The van der Waals surface area contributed by atoms with Gasteiger partial charge < -0.3 is 14.9 Å². The monoisotopic (exact) mass is 374 g/mol. The van der Waals surface area contributed by atoms with Gasteiger partial charge in [-0.2, -0.15) is 5.10 Å². The molecule has 1 fully saturated rings. The number of imidazole rings is 1. The van der Waals surface area contributed by atoms with Crippen LogP contribution in [0.25, 0.3) is 28.3 Å². The van der Waals surface area contributed by atoms with Crippen LogP contribution in [0.15, 0.2) is 55.0 Å². The largest absolute Gasteiger partial charge is 0.489 e. The lowest BCUT2D eigenvalue weighted by Gasteiger charge is -2.05. The Hall–Kier alpha value is -3.88. The van der Waals surface area contributed by atoms with Crippen LogP contribution >= 0.6 is 0 Å². The number of pyridine rings is 2. The van der Waals surface area contributed by atoms with Gasteiger partial charge in [-0.1, -0.05) is 0 Å². The second-order valence-electron chi connectivity index (χ2n) is 6.48. The number of aromatic nitrogens is 5. The summed E-state index contributed by atoms with van der Waals surface area (Å²) in [5.74, 6) is 0.514. The summed E-state index contributed by atoms with van der Waals surface area (Å²) in [5.41, 5.74) is 2.72. The maximum absolute atomic E-state index is 11.2. The second-order valence-corrected chi connectivity index (χ2v) is 6.48. The molecule has 4 heterocycles. The Morgan fingerprint density at radius 2 is 1.93 bits per heavy atom. The minimum absolute atomic E-state index is 0.237. The maximum Gasteiger partial charge on any atom is 0.372 e. The lowest BCUT2D eigenvalue weighted by atomic mass is 10.2. The molecule has 0 radical (unpaired) electrons. The van der Waals surface area contributed by atoms with E-state index in [1.165, 1.54) is 6.20 Å². The van der Waals surface area contributed by atoms with Crippen LogP contribution in [-0.2, 0) is 0 Å². The van der Waals surface area contributed by atoms with Gasteiger partial charge in [0.1, 0.15) is 17.6 Å². The minimum Gasteiger partial charge on any atom is -0.489 e. The van der Waals surface area contributed by atoms with Crippen molar-refractivity contribution in [2.45, 2.75) is 18.9 Å². The highest BCUT2D eigenvalue weighted by Gasteiger charge is 2.23. The number of hydrogen-bond acceptors (Lipinski definition) is 7. The molecule has 4 aromatic heterocycles. The summed E-state index contributed by atoms with van der Waals surface area (Å²) in [4.78, 5) is 23.4. The normalized spacial score (nSPS) is 13.6. The molecule has 9 heteroatoms. The van der Waals surface area contributed by atoms with Gasteiger partial charge in [0.2, 0.25) is 0 Å². The maximum atomic E-state index is 11.2. The van der Waals surface area contributed by atoms with Gasteiger partial charge in [0.15, 0.2) is 5.65 Å². The number of fused-ring (bicyclic) bond motifs is 1. The van der Waals surface area contributed by atoms with Crippen molar-refractivity contribution in [2.24, 2.45) is 0 Å². The molecular formula is C19H14N6O3. The summed E-state index contributed by atoms with van der Waals surface area (Å²) in [6.45, 7) is 0. The summed E-state index contributed by atoms with van der Waals surface area (Å²) in [6.07, 6.45) is 7.24. The first-order valence-corrected chi connectivity index (χ1v) is 8.77. The van der Waals surface area contributed by atoms with Gasteiger partial charge in [-0.3, -0.25) is 4.98 Å². The van der Waals surface area contributed by atoms with Gasteiger partial charge in [-0.25, -0.2) is 9.50 Å². The Bertz CT molecular complexity index is 1180. The Balaban J connectivity index is 1.49. The van der Waals surface area contributed by atoms with Crippen LogP contribution in [0.2, 0.25) is 0 Å². The van der Waals surface area contributed by atoms with Crippen molar-refractivity contribution in [1.29, 1.82) is 0 Å². The fraction of sp³-hybridized carbons (Fsp3) is 0.158. The third kappa shape index (κ3) is 3.02. The molecule has 0 aromatic carbocycles. The van der Waals surface area contributed by atoms with Crippen LogP contribution in [0.4, 0.5) is 5.82 Å². The molecule has 0 spiro atoms. The molecule has 0 N–H and O–H groups in total. The smallest absolute Gasteiger partial charge is 0.372 e. The zero-order valence-electron chi connectivity index (χ0n) is 14.6. The molecule has 0 atom stereocenters. The van der Waals surface area contributed by atoms with Crippen LogP contribution in [-0.4, -0.2) is 35.6 Å². The van der Waals surface area contributed by atoms with E-state index in [0.717, 1.165) is 18.6 Å². The van der Waals surface area contributed by atoms with Crippen molar-refractivity contribution in [3.8, 4) is 28.4 Å². The zero-order valence-corrected chi connectivity index (χ0v) is 14.6. The van der Waals surface area contributed by atoms with Crippen LogP contribution < -0.4 is 4.74 Å². The summed E-state index contributed by atoms with van der Waals surface area (Å²) >= 11 is 0. The van der Waals surface area contributed by atoms with E-state index in [0.29, 0.717) is 34.4 Å². The van der Waals surface area contributed by atoms with E-state index in [1.54, 1.807) is 35.1 Å². The Morgan fingerprint density at radius 1 is 1.07 bits per heavy atom. The number of ether oxygens (including phenoxy) is 1. The molecule has 1 aliphatic carbocycles. The molecule has 28 heavy (non-hydrogen) atoms. The molecular weight excluding hydrogens is 360 g/mol. The van der Waals surface area contributed by atoms with E-state index in [1.807, 2.05) is 18.2 Å². The van der Waals surface area contributed by atoms with Gasteiger partial charge >= 0.3 is 5.82 Å². The van der Waals surface area contributed by atoms with E-state index in [4.69, 9.17) is 4.74 Å². The van der Waals surface area contributed by atoms with Crippen LogP contribution in [0.1, 0.15) is 12.8 Å². The Morgan fingerprint density at radius 3 is 2.68 bits per heavy atom. The fourth-order valence-electron chi connectivity index (χ4n) is 2.87. The van der Waals surface area contributed by atoms with Gasteiger partial charge in [0.25, 0.3) is 0 Å². The first-order valence-electron chi connectivity index (χ1n) is 8.77. The van der Waals surface area contributed by atoms with Crippen LogP contribution in [0.3, 0.4) is 0 Å². The lowest BCUT2D eigenvalue weighted by Crippen LogP contribution is -1.98. The summed E-state index contributed by atoms with van der Waals surface area (Å²) in [7, 11) is 0. The SMILES string of the molecule is O=[N+]([O-])c1ncccc1-c1cn2nc(-c3ccc(OC4CC4)cn3)ccc2n1. The molecule has 4 aromatic rings. The van der Waals surface area contributed by atoms with E-state index in [-0.39, 0.29) is 5.82 Å². The fourth-order valence-corrected chi connectivity index (χ4v) is 2.87. The third-order valence-corrected chi connectivity index (χ3v) is 4.38. The molecule has 1 saturated carbocycles. The molecule has 1 aliphatic rings. The van der Waals surface area contributed by atoms with Crippen molar-refractivity contribution in [3.05, 3.63) is 65.1 Å². The molecule has 0 amide bonds. The molecule has 138 valence electrons. The average molecular weight is 374 g/mol. The van der Waals surface area contributed by atoms with Crippen molar-refractivity contribution < 1.29 is 9.66 Å². The van der Waals surface area contributed by atoms with Gasteiger partial charge in [-0.05, 0) is 59.1 Å².